The molecule has 4 N–H and O–H groups in total. The van der Waals surface area contributed by atoms with Crippen molar-refractivity contribution in [3.05, 3.63) is 59.7 Å². The van der Waals surface area contributed by atoms with Gasteiger partial charge in [-0.15, -0.1) is 12.4 Å². The van der Waals surface area contributed by atoms with Gasteiger partial charge >= 0.3 is 0 Å². The smallest absolute Gasteiger partial charge is 0.251 e. The lowest BCUT2D eigenvalue weighted by atomic mass is 10.00. The van der Waals surface area contributed by atoms with Crippen LogP contribution < -0.4 is 20.3 Å². The van der Waals surface area contributed by atoms with Crippen molar-refractivity contribution in [3.8, 4) is 0 Å². The summed E-state index contributed by atoms with van der Waals surface area (Å²) in [6.07, 6.45) is 2.02. The van der Waals surface area contributed by atoms with Crippen molar-refractivity contribution in [2.75, 3.05) is 35.0 Å². The Morgan fingerprint density at radius 1 is 1.11 bits per heavy atom. The van der Waals surface area contributed by atoms with Gasteiger partial charge in [0.2, 0.25) is 10.0 Å². The SMILES string of the molecule is CCNc1cc(C(=O)N[C@@H](Cc2ccccc2)[C@H](O)CNC(C)CC)cc(N2CCCCS2(=O)=O)c1.Cl. The third-order valence-electron chi connectivity index (χ3n) is 6.57. The molecule has 1 heterocycles. The van der Waals surface area contributed by atoms with Gasteiger partial charge in [-0.2, -0.15) is 0 Å². The van der Waals surface area contributed by atoms with Crippen molar-refractivity contribution < 1.29 is 18.3 Å². The number of aliphatic hydroxyl groups excluding tert-OH is 1. The fourth-order valence-corrected chi connectivity index (χ4v) is 5.91. The summed E-state index contributed by atoms with van der Waals surface area (Å²) in [6, 6.07) is 14.6. The van der Waals surface area contributed by atoms with Gasteiger partial charge in [0, 0.05) is 36.9 Å². The Kier molecular flexibility index (Phi) is 12.2. The molecule has 1 aliphatic rings. The molecule has 3 atom stereocenters. The van der Waals surface area contributed by atoms with Crippen molar-refractivity contribution >= 4 is 39.7 Å². The predicted molar refractivity (Wildman–Crippen MR) is 153 cm³/mol. The van der Waals surface area contributed by atoms with Gasteiger partial charge in [0.25, 0.3) is 5.91 Å². The van der Waals surface area contributed by atoms with Crippen LogP contribution in [0.4, 0.5) is 11.4 Å². The van der Waals surface area contributed by atoms with Gasteiger partial charge in [0.05, 0.1) is 23.6 Å². The quantitative estimate of drug-likeness (QED) is 0.320. The molecule has 0 saturated carbocycles. The van der Waals surface area contributed by atoms with Crippen LogP contribution in [0.2, 0.25) is 0 Å². The summed E-state index contributed by atoms with van der Waals surface area (Å²) in [5.41, 5.74) is 2.52. The number of hydrogen-bond acceptors (Lipinski definition) is 6. The predicted octanol–water partition coefficient (Wildman–Crippen LogP) is 3.56. The molecule has 0 aliphatic carbocycles. The second-order valence-corrected chi connectivity index (χ2v) is 11.5. The highest BCUT2D eigenvalue weighted by Gasteiger charge is 2.28. The van der Waals surface area contributed by atoms with Gasteiger partial charge in [0.15, 0.2) is 0 Å². The van der Waals surface area contributed by atoms with Crippen LogP contribution in [0.15, 0.2) is 48.5 Å². The molecule has 1 fully saturated rings. The lowest BCUT2D eigenvalue weighted by Gasteiger charge is -2.29. The molecule has 10 heteroatoms. The zero-order valence-corrected chi connectivity index (χ0v) is 23.6. The van der Waals surface area contributed by atoms with E-state index in [0.29, 0.717) is 49.4 Å². The maximum atomic E-state index is 13.5. The molecule has 0 aromatic heterocycles. The maximum Gasteiger partial charge on any atom is 0.251 e. The minimum Gasteiger partial charge on any atom is -0.390 e. The van der Waals surface area contributed by atoms with E-state index < -0.39 is 22.2 Å². The second kappa shape index (κ2) is 14.6. The van der Waals surface area contributed by atoms with Crippen LogP contribution in [0, 0.1) is 0 Å². The fraction of sp³-hybridized carbons (Fsp3) is 0.519. The van der Waals surface area contributed by atoms with Crippen LogP contribution in [0.25, 0.3) is 0 Å². The number of hydrogen-bond donors (Lipinski definition) is 4. The molecule has 0 bridgehead atoms. The molecular weight excluding hydrogens is 512 g/mol. The molecule has 0 radical (unpaired) electrons. The Bertz CT molecular complexity index is 1100. The standard InChI is InChI=1S/C27H40N4O4S.ClH/c1-4-20(3)29-19-26(32)25(15-21-11-7-6-8-12-21)30-27(33)22-16-23(28-5-2)18-24(17-22)31-13-9-10-14-36(31,34)35;/h6-8,11-12,16-18,20,25-26,28-29,32H,4-5,9-10,13-15,19H2,1-3H3,(H,30,33);1H/t20?,25-,26+;/m0./s1. The molecular formula is C27H41ClN4O4S. The summed E-state index contributed by atoms with van der Waals surface area (Å²) < 4.78 is 26.8. The first-order chi connectivity index (χ1) is 17.2. The van der Waals surface area contributed by atoms with Crippen molar-refractivity contribution in [3.63, 3.8) is 0 Å². The van der Waals surface area contributed by atoms with Crippen molar-refractivity contribution in [2.45, 2.75) is 64.6 Å². The maximum absolute atomic E-state index is 13.5. The van der Waals surface area contributed by atoms with Crippen LogP contribution in [0.5, 0.6) is 0 Å². The van der Waals surface area contributed by atoms with Gasteiger partial charge in [-0.3, -0.25) is 9.10 Å². The zero-order valence-electron chi connectivity index (χ0n) is 21.9. The van der Waals surface area contributed by atoms with E-state index in [2.05, 4.69) is 29.8 Å². The summed E-state index contributed by atoms with van der Waals surface area (Å²) in [6.45, 7) is 7.45. The molecule has 2 aromatic rings. The molecule has 2 aromatic carbocycles. The van der Waals surface area contributed by atoms with Crippen molar-refractivity contribution in [1.82, 2.24) is 10.6 Å². The highest BCUT2D eigenvalue weighted by atomic mass is 35.5. The molecule has 206 valence electrons. The number of carbonyl (C=O) groups excluding carboxylic acids is 1. The van der Waals surface area contributed by atoms with Crippen LogP contribution in [-0.2, 0) is 16.4 Å². The highest BCUT2D eigenvalue weighted by molar-refractivity contribution is 7.92. The number of anilines is 2. The molecule has 1 amide bonds. The Morgan fingerprint density at radius 2 is 1.84 bits per heavy atom. The largest absolute Gasteiger partial charge is 0.390 e. The van der Waals surface area contributed by atoms with Gasteiger partial charge in [-0.25, -0.2) is 8.42 Å². The van der Waals surface area contributed by atoms with E-state index in [-0.39, 0.29) is 30.1 Å². The number of halogens is 1. The monoisotopic (exact) mass is 552 g/mol. The normalized spacial score (nSPS) is 17.2. The van der Waals surface area contributed by atoms with Crippen LogP contribution in [0.1, 0.15) is 56.0 Å². The van der Waals surface area contributed by atoms with Gasteiger partial charge in [-0.05, 0) is 63.3 Å². The number of sulfonamides is 1. The summed E-state index contributed by atoms with van der Waals surface area (Å²) in [5, 5.41) is 20.5. The number of nitrogens with zero attached hydrogens (tertiary/aromatic N) is 1. The third kappa shape index (κ3) is 8.88. The average molecular weight is 553 g/mol. The number of benzene rings is 2. The average Bonchev–Trinajstić information content (AvgIpc) is 2.87. The summed E-state index contributed by atoms with van der Waals surface area (Å²) in [5.74, 6) is -0.247. The Balaban J connectivity index is 0.00000481. The summed E-state index contributed by atoms with van der Waals surface area (Å²) >= 11 is 0. The molecule has 1 saturated heterocycles. The lowest BCUT2D eigenvalue weighted by Crippen LogP contribution is -2.49. The molecule has 1 aliphatic heterocycles. The highest BCUT2D eigenvalue weighted by Crippen LogP contribution is 2.28. The molecule has 8 nitrogen and oxygen atoms in total. The van der Waals surface area contributed by atoms with E-state index in [1.165, 1.54) is 4.31 Å². The second-order valence-electron chi connectivity index (χ2n) is 9.45. The first-order valence-corrected chi connectivity index (χ1v) is 14.5. The van der Waals surface area contributed by atoms with E-state index in [4.69, 9.17) is 0 Å². The Morgan fingerprint density at radius 3 is 2.49 bits per heavy atom. The van der Waals surface area contributed by atoms with Gasteiger partial charge in [-0.1, -0.05) is 37.3 Å². The minimum atomic E-state index is -3.42. The minimum absolute atomic E-state index is 0. The van der Waals surface area contributed by atoms with E-state index in [1.807, 2.05) is 37.3 Å². The van der Waals surface area contributed by atoms with Crippen LogP contribution >= 0.6 is 12.4 Å². The summed E-state index contributed by atoms with van der Waals surface area (Å²) in [7, 11) is -3.42. The third-order valence-corrected chi connectivity index (χ3v) is 8.43. The van der Waals surface area contributed by atoms with Gasteiger partial charge in [0.1, 0.15) is 0 Å². The topological polar surface area (TPSA) is 111 Å². The molecule has 0 spiro atoms. The number of amides is 1. The van der Waals surface area contributed by atoms with E-state index in [9.17, 15) is 18.3 Å². The summed E-state index contributed by atoms with van der Waals surface area (Å²) in [4.78, 5) is 13.5. The van der Waals surface area contributed by atoms with Gasteiger partial charge < -0.3 is 21.1 Å². The van der Waals surface area contributed by atoms with Crippen molar-refractivity contribution in [1.29, 1.82) is 0 Å². The lowest BCUT2D eigenvalue weighted by molar-refractivity contribution is 0.0825. The Labute approximate surface area is 227 Å². The Hall–Kier alpha value is -2.33. The van der Waals surface area contributed by atoms with E-state index >= 15 is 0 Å². The number of aliphatic hydroxyl groups is 1. The molecule has 1 unspecified atom stereocenters. The van der Waals surface area contributed by atoms with E-state index in [1.54, 1.807) is 18.2 Å². The number of carbonyl (C=O) groups is 1. The molecule has 3 rings (SSSR count). The number of rotatable bonds is 12. The fourth-order valence-electron chi connectivity index (χ4n) is 4.28. The zero-order chi connectivity index (χ0) is 26.1. The number of nitrogens with one attached hydrogen (secondary N) is 3. The first-order valence-electron chi connectivity index (χ1n) is 12.9. The first kappa shape index (κ1) is 30.9. The van der Waals surface area contributed by atoms with Crippen LogP contribution in [0.3, 0.4) is 0 Å². The van der Waals surface area contributed by atoms with E-state index in [0.717, 1.165) is 18.4 Å². The van der Waals surface area contributed by atoms with Crippen molar-refractivity contribution in [2.24, 2.45) is 0 Å². The van der Waals surface area contributed by atoms with Crippen LogP contribution in [-0.4, -0.2) is 63.0 Å². The molecule has 37 heavy (non-hydrogen) atoms.